The Labute approximate surface area is 97.6 Å². The van der Waals surface area contributed by atoms with Crippen molar-refractivity contribution >= 4 is 5.97 Å². The van der Waals surface area contributed by atoms with E-state index in [1.54, 1.807) is 0 Å². The smallest absolute Gasteiger partial charge is 0.338 e. The molecule has 1 aliphatic heterocycles. The van der Waals surface area contributed by atoms with Gasteiger partial charge in [0.25, 0.3) is 0 Å². The van der Waals surface area contributed by atoms with Crippen molar-refractivity contribution in [3.8, 4) is 0 Å². The average Bonchev–Trinajstić information content (AvgIpc) is 2.62. The zero-order chi connectivity index (χ0) is 12.3. The molecule has 0 radical (unpaired) electrons. The summed E-state index contributed by atoms with van der Waals surface area (Å²) in [6, 6.07) is 5.94. The molecule has 2 nitrogen and oxygen atoms in total. The molecule has 0 N–H and O–H groups in total. The molecule has 0 saturated carbocycles. The third kappa shape index (κ3) is 2.43. The van der Waals surface area contributed by atoms with Gasteiger partial charge in [0.1, 0.15) is 6.61 Å². The van der Waals surface area contributed by atoms with E-state index < -0.39 is 0 Å². The average molecular weight is 220 g/mol. The van der Waals surface area contributed by atoms with Gasteiger partial charge in [-0.3, -0.25) is 0 Å². The van der Waals surface area contributed by atoms with Gasteiger partial charge in [-0.25, -0.2) is 4.79 Å². The van der Waals surface area contributed by atoms with Crippen molar-refractivity contribution in [2.24, 2.45) is 0 Å². The number of ether oxygens (including phenoxy) is 1. The van der Waals surface area contributed by atoms with Crippen LogP contribution in [0.2, 0.25) is 0 Å². The van der Waals surface area contributed by atoms with E-state index in [0.717, 1.165) is 11.1 Å². The lowest BCUT2D eigenvalue weighted by Gasteiger charge is -2.19. The topological polar surface area (TPSA) is 26.3 Å². The summed E-state index contributed by atoms with van der Waals surface area (Å²) < 4.78 is 4.95. The van der Waals surface area contributed by atoms with Crippen LogP contribution in [0.3, 0.4) is 0 Å². The number of hydrogen-bond donors (Lipinski definition) is 0. The fraction of sp³-hybridized carbons (Fsp3) is 0.500. The number of esters is 1. The molecule has 2 heteroatoms. The molecule has 0 unspecified atom stereocenters. The van der Waals surface area contributed by atoms with Gasteiger partial charge in [0.15, 0.2) is 0 Å². The van der Waals surface area contributed by atoms with Crippen molar-refractivity contribution in [2.75, 3.05) is 0 Å². The first-order valence-corrected chi connectivity index (χ1v) is 5.79. The van der Waals surface area contributed by atoms with Gasteiger partial charge < -0.3 is 4.74 Å². The zero-order valence-electron chi connectivity index (χ0n) is 10.8. The Morgan fingerprint density at radius 2 is 1.81 bits per heavy atom. The Hall–Kier alpha value is -1.31. The molecule has 1 aromatic carbocycles. The summed E-state index contributed by atoms with van der Waals surface area (Å²) in [5, 5.41) is 0. The molecule has 0 amide bonds. The van der Waals surface area contributed by atoms with Crippen LogP contribution in [0.15, 0.2) is 18.2 Å². The molecule has 2 rings (SSSR count). The van der Waals surface area contributed by atoms with Gasteiger partial charge in [-0.05, 0) is 17.0 Å². The standard InChI is InChI=1S/C12H14O2.C2H6/c1-12(2,3)9-4-5-10-8(6-9)7-14-11(10)13;1-2/h4-6H,7H2,1-3H3;1-2H3. The molecule has 0 atom stereocenters. The molecule has 1 heterocycles. The third-order valence-electron chi connectivity index (χ3n) is 2.55. The maximum atomic E-state index is 11.2. The van der Waals surface area contributed by atoms with E-state index in [-0.39, 0.29) is 11.4 Å². The number of fused-ring (bicyclic) bond motifs is 1. The van der Waals surface area contributed by atoms with Crippen molar-refractivity contribution in [1.29, 1.82) is 0 Å². The number of rotatable bonds is 0. The highest BCUT2D eigenvalue weighted by molar-refractivity contribution is 5.93. The van der Waals surface area contributed by atoms with Crippen molar-refractivity contribution in [3.63, 3.8) is 0 Å². The Morgan fingerprint density at radius 1 is 1.19 bits per heavy atom. The molecule has 0 spiro atoms. The van der Waals surface area contributed by atoms with Gasteiger partial charge in [-0.15, -0.1) is 0 Å². The number of cyclic esters (lactones) is 1. The lowest BCUT2D eigenvalue weighted by atomic mass is 9.85. The van der Waals surface area contributed by atoms with E-state index in [1.165, 1.54) is 5.56 Å². The van der Waals surface area contributed by atoms with Crippen LogP contribution in [-0.2, 0) is 16.8 Å². The second-order valence-electron chi connectivity index (χ2n) is 4.70. The van der Waals surface area contributed by atoms with Crippen molar-refractivity contribution < 1.29 is 9.53 Å². The second-order valence-corrected chi connectivity index (χ2v) is 4.70. The van der Waals surface area contributed by atoms with Crippen LogP contribution in [0, 0.1) is 0 Å². The molecule has 0 aromatic heterocycles. The highest BCUT2D eigenvalue weighted by Crippen LogP contribution is 2.27. The molecular weight excluding hydrogens is 200 g/mol. The van der Waals surface area contributed by atoms with Crippen LogP contribution in [0.25, 0.3) is 0 Å². The van der Waals surface area contributed by atoms with Crippen LogP contribution in [0.4, 0.5) is 0 Å². The summed E-state index contributed by atoms with van der Waals surface area (Å²) >= 11 is 0. The minimum Gasteiger partial charge on any atom is -0.457 e. The number of carbonyl (C=O) groups excluding carboxylic acids is 1. The summed E-state index contributed by atoms with van der Waals surface area (Å²) in [4.78, 5) is 11.2. The predicted octanol–water partition coefficient (Wildman–Crippen LogP) is 3.68. The van der Waals surface area contributed by atoms with Gasteiger partial charge in [0, 0.05) is 5.56 Å². The normalized spacial score (nSPS) is 13.7. The van der Waals surface area contributed by atoms with E-state index in [1.807, 2.05) is 26.0 Å². The van der Waals surface area contributed by atoms with Crippen LogP contribution >= 0.6 is 0 Å². The number of hydrogen-bond acceptors (Lipinski definition) is 2. The van der Waals surface area contributed by atoms with E-state index in [2.05, 4.69) is 26.8 Å². The largest absolute Gasteiger partial charge is 0.457 e. The van der Waals surface area contributed by atoms with Crippen molar-refractivity contribution in [2.45, 2.75) is 46.6 Å². The maximum Gasteiger partial charge on any atom is 0.338 e. The monoisotopic (exact) mass is 220 g/mol. The van der Waals surface area contributed by atoms with Gasteiger partial charge in [0.05, 0.1) is 5.56 Å². The summed E-state index contributed by atoms with van der Waals surface area (Å²) in [6.45, 7) is 10.9. The summed E-state index contributed by atoms with van der Waals surface area (Å²) in [7, 11) is 0. The summed E-state index contributed by atoms with van der Waals surface area (Å²) in [5.74, 6) is -0.194. The Balaban J connectivity index is 0.000000606. The molecule has 0 saturated heterocycles. The lowest BCUT2D eigenvalue weighted by Crippen LogP contribution is -2.11. The molecule has 1 aliphatic rings. The van der Waals surface area contributed by atoms with E-state index in [0.29, 0.717) is 6.61 Å². The number of carbonyl (C=O) groups is 1. The van der Waals surface area contributed by atoms with Gasteiger partial charge in [0.2, 0.25) is 0 Å². The Kier molecular flexibility index (Phi) is 3.74. The maximum absolute atomic E-state index is 11.2. The lowest BCUT2D eigenvalue weighted by molar-refractivity contribution is 0.0535. The summed E-state index contributed by atoms with van der Waals surface area (Å²) in [5.41, 5.74) is 3.11. The van der Waals surface area contributed by atoms with Gasteiger partial charge in [-0.2, -0.15) is 0 Å². The van der Waals surface area contributed by atoms with Crippen molar-refractivity contribution in [1.82, 2.24) is 0 Å². The minimum atomic E-state index is -0.194. The fourth-order valence-corrected chi connectivity index (χ4v) is 1.60. The van der Waals surface area contributed by atoms with E-state index in [9.17, 15) is 4.79 Å². The van der Waals surface area contributed by atoms with Gasteiger partial charge in [-0.1, -0.05) is 46.8 Å². The highest BCUT2D eigenvalue weighted by Gasteiger charge is 2.23. The van der Waals surface area contributed by atoms with Gasteiger partial charge >= 0.3 is 5.97 Å². The second kappa shape index (κ2) is 4.69. The molecule has 0 fully saturated rings. The minimum absolute atomic E-state index is 0.126. The first-order chi connectivity index (χ1) is 7.48. The first kappa shape index (κ1) is 12.8. The Bertz CT molecular complexity index is 386. The van der Waals surface area contributed by atoms with E-state index >= 15 is 0 Å². The SMILES string of the molecule is CC.CC(C)(C)c1ccc2c(c1)COC2=O. The van der Waals surface area contributed by atoms with Crippen LogP contribution in [0.5, 0.6) is 0 Å². The summed E-state index contributed by atoms with van der Waals surface area (Å²) in [6.07, 6.45) is 0. The molecule has 1 aromatic rings. The predicted molar refractivity (Wildman–Crippen MR) is 65.6 cm³/mol. The Morgan fingerprint density at radius 3 is 2.38 bits per heavy atom. The van der Waals surface area contributed by atoms with Crippen LogP contribution in [0.1, 0.15) is 56.1 Å². The number of benzene rings is 1. The van der Waals surface area contributed by atoms with Crippen LogP contribution < -0.4 is 0 Å². The highest BCUT2D eigenvalue weighted by atomic mass is 16.5. The van der Waals surface area contributed by atoms with Crippen LogP contribution in [-0.4, -0.2) is 5.97 Å². The first-order valence-electron chi connectivity index (χ1n) is 5.79. The molecule has 0 aliphatic carbocycles. The van der Waals surface area contributed by atoms with E-state index in [4.69, 9.17) is 4.74 Å². The molecule has 16 heavy (non-hydrogen) atoms. The third-order valence-corrected chi connectivity index (χ3v) is 2.55. The zero-order valence-corrected chi connectivity index (χ0v) is 10.8. The fourth-order valence-electron chi connectivity index (χ4n) is 1.60. The molecular formula is C14H20O2. The van der Waals surface area contributed by atoms with Crippen molar-refractivity contribution in [3.05, 3.63) is 34.9 Å². The molecule has 0 bridgehead atoms. The quantitative estimate of drug-likeness (QED) is 0.623. The molecule has 88 valence electrons.